The Morgan fingerprint density at radius 2 is 2.12 bits per heavy atom. The maximum Gasteiger partial charge on any atom is 0.174 e. The monoisotopic (exact) mass is 234 g/mol. The summed E-state index contributed by atoms with van der Waals surface area (Å²) in [5, 5.41) is 20.7. The van der Waals surface area contributed by atoms with Crippen molar-refractivity contribution < 1.29 is 9.84 Å². The quantitative estimate of drug-likeness (QED) is 0.701. The lowest BCUT2D eigenvalue weighted by Crippen LogP contribution is -2.18. The van der Waals surface area contributed by atoms with E-state index >= 15 is 0 Å². The summed E-state index contributed by atoms with van der Waals surface area (Å²) < 4.78 is 5.15. The maximum atomic E-state index is 9.09. The molecule has 1 aromatic rings. The molecule has 0 amide bonds. The molecular formula is C13H18N2O2. The van der Waals surface area contributed by atoms with E-state index in [1.165, 1.54) is 0 Å². The van der Waals surface area contributed by atoms with Gasteiger partial charge in [-0.2, -0.15) is 5.26 Å². The minimum Gasteiger partial charge on any atom is -0.479 e. The first-order valence-corrected chi connectivity index (χ1v) is 5.70. The zero-order valence-corrected chi connectivity index (χ0v) is 10.0. The molecule has 1 unspecified atom stereocenters. The number of nitrogens with one attached hydrogen (secondary N) is 1. The van der Waals surface area contributed by atoms with Gasteiger partial charge in [-0.1, -0.05) is 12.1 Å². The Labute approximate surface area is 102 Å². The van der Waals surface area contributed by atoms with Crippen LogP contribution in [0.25, 0.3) is 0 Å². The summed E-state index contributed by atoms with van der Waals surface area (Å²) in [6, 6.07) is 9.55. The summed E-state index contributed by atoms with van der Waals surface area (Å²) in [6.07, 6.45) is 0.493. The van der Waals surface area contributed by atoms with Crippen molar-refractivity contribution in [3.8, 4) is 11.8 Å². The molecule has 2 N–H and O–H groups in total. The van der Waals surface area contributed by atoms with Gasteiger partial charge in [-0.3, -0.25) is 0 Å². The second-order valence-electron chi connectivity index (χ2n) is 3.91. The van der Waals surface area contributed by atoms with Gasteiger partial charge in [0, 0.05) is 6.54 Å². The lowest BCUT2D eigenvalue weighted by molar-refractivity contribution is 0.183. The predicted octanol–water partition coefficient (Wildman–Crippen LogP) is 1.45. The zero-order valence-electron chi connectivity index (χ0n) is 10.0. The average Bonchev–Trinajstić information content (AvgIpc) is 2.33. The maximum absolute atomic E-state index is 9.09. The molecule has 0 aromatic heterocycles. The van der Waals surface area contributed by atoms with Gasteiger partial charge in [0.05, 0.1) is 6.10 Å². The number of aliphatic hydroxyl groups excluding tert-OH is 1. The van der Waals surface area contributed by atoms with Gasteiger partial charge in [-0.05, 0) is 37.6 Å². The molecule has 0 aliphatic rings. The molecule has 0 aliphatic carbocycles. The fourth-order valence-corrected chi connectivity index (χ4v) is 1.36. The van der Waals surface area contributed by atoms with E-state index in [1.807, 2.05) is 30.3 Å². The molecule has 0 aliphatic heterocycles. The van der Waals surface area contributed by atoms with E-state index in [0.717, 1.165) is 25.1 Å². The highest BCUT2D eigenvalue weighted by Gasteiger charge is 1.97. The number of rotatable bonds is 7. The van der Waals surface area contributed by atoms with Gasteiger partial charge in [0.25, 0.3) is 0 Å². The largest absolute Gasteiger partial charge is 0.479 e. The average molecular weight is 234 g/mol. The van der Waals surface area contributed by atoms with Crippen LogP contribution in [-0.2, 0) is 6.54 Å². The summed E-state index contributed by atoms with van der Waals surface area (Å²) in [5.74, 6) is 0.708. The van der Waals surface area contributed by atoms with E-state index in [9.17, 15) is 0 Å². The van der Waals surface area contributed by atoms with E-state index < -0.39 is 0 Å². The minimum atomic E-state index is -0.260. The van der Waals surface area contributed by atoms with Crippen LogP contribution in [0.15, 0.2) is 24.3 Å². The van der Waals surface area contributed by atoms with Crippen molar-refractivity contribution in [2.24, 2.45) is 0 Å². The first-order valence-electron chi connectivity index (χ1n) is 5.70. The van der Waals surface area contributed by atoms with Crippen LogP contribution in [0.3, 0.4) is 0 Å². The Balaban J connectivity index is 2.28. The minimum absolute atomic E-state index is 0.0754. The van der Waals surface area contributed by atoms with Crippen LogP contribution in [-0.4, -0.2) is 24.4 Å². The molecule has 92 valence electrons. The molecule has 1 atom stereocenters. The molecule has 17 heavy (non-hydrogen) atoms. The van der Waals surface area contributed by atoms with Gasteiger partial charge in [0.1, 0.15) is 11.8 Å². The van der Waals surface area contributed by atoms with Gasteiger partial charge in [0.15, 0.2) is 6.61 Å². The van der Waals surface area contributed by atoms with Crippen molar-refractivity contribution in [2.45, 2.75) is 26.0 Å². The number of nitriles is 1. The molecule has 0 spiro atoms. The molecule has 0 saturated heterocycles. The van der Waals surface area contributed by atoms with Crippen LogP contribution >= 0.6 is 0 Å². The number of aliphatic hydroxyl groups is 1. The van der Waals surface area contributed by atoms with Gasteiger partial charge in [-0.25, -0.2) is 0 Å². The zero-order chi connectivity index (χ0) is 12.5. The first-order chi connectivity index (χ1) is 8.22. The first kappa shape index (κ1) is 13.5. The van der Waals surface area contributed by atoms with Crippen LogP contribution < -0.4 is 10.1 Å². The summed E-state index contributed by atoms with van der Waals surface area (Å²) >= 11 is 0. The van der Waals surface area contributed by atoms with Crippen LogP contribution in [0.4, 0.5) is 0 Å². The third-order valence-electron chi connectivity index (χ3n) is 2.29. The molecule has 0 saturated carbocycles. The number of nitrogens with zero attached hydrogens (tertiary/aromatic N) is 1. The molecule has 1 rings (SSSR count). The lowest BCUT2D eigenvalue weighted by atomic mass is 10.2. The van der Waals surface area contributed by atoms with Crippen molar-refractivity contribution in [2.75, 3.05) is 13.2 Å². The van der Waals surface area contributed by atoms with Gasteiger partial charge in [0.2, 0.25) is 0 Å². The molecule has 0 radical (unpaired) electrons. The van der Waals surface area contributed by atoms with E-state index in [2.05, 4.69) is 5.32 Å². The fourth-order valence-electron chi connectivity index (χ4n) is 1.36. The van der Waals surface area contributed by atoms with Gasteiger partial charge >= 0.3 is 0 Å². The van der Waals surface area contributed by atoms with Crippen molar-refractivity contribution in [1.29, 1.82) is 5.26 Å². The van der Waals surface area contributed by atoms with Crippen molar-refractivity contribution in [1.82, 2.24) is 5.32 Å². The predicted molar refractivity (Wildman–Crippen MR) is 65.6 cm³/mol. The molecule has 0 bridgehead atoms. The highest BCUT2D eigenvalue weighted by Crippen LogP contribution is 2.11. The standard InChI is InChI=1S/C13H18N2O2/c1-11(16)6-8-15-10-12-2-4-13(5-3-12)17-9-7-14/h2-5,11,15-16H,6,8-10H2,1H3. The summed E-state index contributed by atoms with van der Waals surface area (Å²) in [5.41, 5.74) is 1.15. The Hall–Kier alpha value is -1.57. The smallest absolute Gasteiger partial charge is 0.174 e. The van der Waals surface area contributed by atoms with Crippen LogP contribution in [0, 0.1) is 11.3 Å². The second-order valence-corrected chi connectivity index (χ2v) is 3.91. The van der Waals surface area contributed by atoms with E-state index in [-0.39, 0.29) is 12.7 Å². The highest BCUT2D eigenvalue weighted by molar-refractivity contribution is 5.27. The number of hydrogen-bond donors (Lipinski definition) is 2. The second kappa shape index (κ2) is 7.66. The summed E-state index contributed by atoms with van der Waals surface area (Å²) in [4.78, 5) is 0. The van der Waals surface area contributed by atoms with Crippen LogP contribution in [0.1, 0.15) is 18.9 Å². The molecule has 4 nitrogen and oxygen atoms in total. The van der Waals surface area contributed by atoms with Gasteiger partial charge < -0.3 is 15.2 Å². The number of ether oxygens (including phenoxy) is 1. The summed E-state index contributed by atoms with van der Waals surface area (Å²) in [6.45, 7) is 3.42. The normalized spacial score (nSPS) is 11.8. The van der Waals surface area contributed by atoms with E-state index in [4.69, 9.17) is 15.1 Å². The Morgan fingerprint density at radius 3 is 2.71 bits per heavy atom. The molecule has 1 aromatic carbocycles. The Morgan fingerprint density at radius 1 is 1.41 bits per heavy atom. The number of benzene rings is 1. The SMILES string of the molecule is CC(O)CCNCc1ccc(OCC#N)cc1. The van der Waals surface area contributed by atoms with Crippen molar-refractivity contribution >= 4 is 0 Å². The summed E-state index contributed by atoms with van der Waals surface area (Å²) in [7, 11) is 0. The molecule has 0 fully saturated rings. The molecular weight excluding hydrogens is 216 g/mol. The highest BCUT2D eigenvalue weighted by atomic mass is 16.5. The fraction of sp³-hybridized carbons (Fsp3) is 0.462. The van der Waals surface area contributed by atoms with E-state index in [1.54, 1.807) is 6.92 Å². The third-order valence-corrected chi connectivity index (χ3v) is 2.29. The van der Waals surface area contributed by atoms with Crippen molar-refractivity contribution in [3.63, 3.8) is 0 Å². The van der Waals surface area contributed by atoms with Crippen molar-refractivity contribution in [3.05, 3.63) is 29.8 Å². The van der Waals surface area contributed by atoms with Gasteiger partial charge in [-0.15, -0.1) is 0 Å². The molecule has 4 heteroatoms. The number of hydrogen-bond acceptors (Lipinski definition) is 4. The van der Waals surface area contributed by atoms with E-state index in [0.29, 0.717) is 5.75 Å². The third kappa shape index (κ3) is 5.91. The Bertz CT molecular complexity index is 355. The van der Waals surface area contributed by atoms with Crippen LogP contribution in [0.5, 0.6) is 5.75 Å². The topological polar surface area (TPSA) is 65.3 Å². The van der Waals surface area contributed by atoms with Crippen LogP contribution in [0.2, 0.25) is 0 Å². The lowest BCUT2D eigenvalue weighted by Gasteiger charge is -2.07. The molecule has 0 heterocycles. The Kier molecular flexibility index (Phi) is 6.08.